The van der Waals surface area contributed by atoms with E-state index in [0.717, 1.165) is 22.4 Å². The second kappa shape index (κ2) is 8.57. The van der Waals surface area contributed by atoms with E-state index in [9.17, 15) is 4.79 Å². The molecule has 0 saturated carbocycles. The highest BCUT2D eigenvalue weighted by Gasteiger charge is 2.13. The fourth-order valence-electron chi connectivity index (χ4n) is 3.19. The van der Waals surface area contributed by atoms with Gasteiger partial charge in [-0.25, -0.2) is 4.68 Å². The monoisotopic (exact) mass is 399 g/mol. The molecule has 0 fully saturated rings. The zero-order chi connectivity index (χ0) is 20.9. The SMILES string of the molecule is COc1ccccc1CNC(=O)c1cc(-c2ccc(C)cc2)cc(-n2cnnn2)c1. The molecule has 0 aliphatic rings. The lowest BCUT2D eigenvalue weighted by molar-refractivity contribution is 0.0950. The number of methoxy groups -OCH3 is 1. The number of hydrogen-bond acceptors (Lipinski definition) is 5. The Hall–Kier alpha value is -4.00. The van der Waals surface area contributed by atoms with Gasteiger partial charge in [-0.1, -0.05) is 48.0 Å². The Morgan fingerprint density at radius 2 is 1.83 bits per heavy atom. The molecule has 0 aliphatic carbocycles. The lowest BCUT2D eigenvalue weighted by Gasteiger charge is -2.12. The van der Waals surface area contributed by atoms with Gasteiger partial charge >= 0.3 is 0 Å². The van der Waals surface area contributed by atoms with Crippen LogP contribution in [0.4, 0.5) is 0 Å². The van der Waals surface area contributed by atoms with E-state index in [0.29, 0.717) is 17.8 Å². The molecular weight excluding hydrogens is 378 g/mol. The number of aromatic nitrogens is 4. The highest BCUT2D eigenvalue weighted by atomic mass is 16.5. The number of hydrogen-bond donors (Lipinski definition) is 1. The van der Waals surface area contributed by atoms with Gasteiger partial charge in [0.1, 0.15) is 12.1 Å². The summed E-state index contributed by atoms with van der Waals surface area (Å²) in [7, 11) is 1.62. The van der Waals surface area contributed by atoms with Crippen molar-refractivity contribution in [3.8, 4) is 22.6 Å². The molecule has 0 spiro atoms. The molecule has 0 atom stereocenters. The summed E-state index contributed by atoms with van der Waals surface area (Å²) in [5.41, 5.74) is 5.22. The van der Waals surface area contributed by atoms with Gasteiger partial charge < -0.3 is 10.1 Å². The Morgan fingerprint density at radius 1 is 1.03 bits per heavy atom. The van der Waals surface area contributed by atoms with Crippen molar-refractivity contribution in [1.82, 2.24) is 25.5 Å². The third-order valence-corrected chi connectivity index (χ3v) is 4.81. The average Bonchev–Trinajstić information content (AvgIpc) is 3.33. The van der Waals surface area contributed by atoms with Gasteiger partial charge in [0.25, 0.3) is 5.91 Å². The van der Waals surface area contributed by atoms with E-state index in [4.69, 9.17) is 4.74 Å². The van der Waals surface area contributed by atoms with Gasteiger partial charge in [-0.15, -0.1) is 5.10 Å². The van der Waals surface area contributed by atoms with E-state index in [2.05, 4.69) is 20.8 Å². The number of rotatable bonds is 6. The lowest BCUT2D eigenvalue weighted by atomic mass is 10.0. The Kier molecular flexibility index (Phi) is 5.52. The van der Waals surface area contributed by atoms with E-state index in [1.807, 2.05) is 67.6 Å². The first kappa shape index (κ1) is 19.3. The predicted octanol–water partition coefficient (Wildman–Crippen LogP) is 3.58. The predicted molar refractivity (Wildman–Crippen MR) is 113 cm³/mol. The molecule has 0 unspecified atom stereocenters. The molecule has 4 rings (SSSR count). The minimum atomic E-state index is -0.191. The van der Waals surface area contributed by atoms with Gasteiger partial charge in [0.2, 0.25) is 0 Å². The normalized spacial score (nSPS) is 10.6. The minimum absolute atomic E-state index is 0.191. The molecule has 3 aromatic carbocycles. The number of carbonyl (C=O) groups is 1. The first-order valence-corrected chi connectivity index (χ1v) is 9.49. The van der Waals surface area contributed by atoms with Crippen molar-refractivity contribution in [3.05, 3.63) is 89.7 Å². The van der Waals surface area contributed by atoms with Crippen LogP contribution in [-0.2, 0) is 6.54 Å². The molecule has 0 aliphatic heterocycles. The van der Waals surface area contributed by atoms with Crippen LogP contribution in [-0.4, -0.2) is 33.2 Å². The summed E-state index contributed by atoms with van der Waals surface area (Å²) >= 11 is 0. The zero-order valence-electron chi connectivity index (χ0n) is 16.7. The summed E-state index contributed by atoms with van der Waals surface area (Å²) in [6.07, 6.45) is 1.50. The Bertz CT molecular complexity index is 1150. The van der Waals surface area contributed by atoms with Crippen LogP contribution in [0.3, 0.4) is 0 Å². The topological polar surface area (TPSA) is 81.9 Å². The molecule has 150 valence electrons. The second-order valence-electron chi connectivity index (χ2n) is 6.88. The highest BCUT2D eigenvalue weighted by Crippen LogP contribution is 2.25. The largest absolute Gasteiger partial charge is 0.496 e. The maximum absolute atomic E-state index is 13.0. The third-order valence-electron chi connectivity index (χ3n) is 4.81. The molecule has 1 amide bonds. The summed E-state index contributed by atoms with van der Waals surface area (Å²) < 4.78 is 6.90. The highest BCUT2D eigenvalue weighted by molar-refractivity contribution is 5.96. The van der Waals surface area contributed by atoms with Crippen LogP contribution in [0, 0.1) is 6.92 Å². The average molecular weight is 399 g/mol. The minimum Gasteiger partial charge on any atom is -0.496 e. The van der Waals surface area contributed by atoms with Crippen LogP contribution in [0.1, 0.15) is 21.5 Å². The van der Waals surface area contributed by atoms with Gasteiger partial charge in [0, 0.05) is 17.7 Å². The van der Waals surface area contributed by atoms with Crippen molar-refractivity contribution in [1.29, 1.82) is 0 Å². The van der Waals surface area contributed by atoms with Gasteiger partial charge in [-0.3, -0.25) is 4.79 Å². The van der Waals surface area contributed by atoms with E-state index in [1.54, 1.807) is 13.2 Å². The number of benzene rings is 3. The van der Waals surface area contributed by atoms with Crippen LogP contribution < -0.4 is 10.1 Å². The van der Waals surface area contributed by atoms with Crippen LogP contribution >= 0.6 is 0 Å². The Morgan fingerprint density at radius 3 is 2.57 bits per heavy atom. The van der Waals surface area contributed by atoms with E-state index < -0.39 is 0 Å². The zero-order valence-corrected chi connectivity index (χ0v) is 16.7. The molecule has 1 heterocycles. The number of ether oxygens (including phenoxy) is 1. The maximum atomic E-state index is 13.0. The Labute approximate surface area is 174 Å². The molecule has 4 aromatic rings. The second-order valence-corrected chi connectivity index (χ2v) is 6.88. The standard InChI is InChI=1S/C23H21N5O2/c1-16-7-9-17(10-8-16)19-11-20(13-21(12-19)28-15-25-26-27-28)23(29)24-14-18-5-3-4-6-22(18)30-2/h3-13,15H,14H2,1-2H3,(H,24,29). The number of tetrazole rings is 1. The van der Waals surface area contributed by atoms with E-state index >= 15 is 0 Å². The molecule has 0 saturated heterocycles. The lowest BCUT2D eigenvalue weighted by Crippen LogP contribution is -2.23. The summed E-state index contributed by atoms with van der Waals surface area (Å²) in [5.74, 6) is 0.546. The smallest absolute Gasteiger partial charge is 0.251 e. The first-order valence-electron chi connectivity index (χ1n) is 9.49. The van der Waals surface area contributed by atoms with Crippen LogP contribution in [0.25, 0.3) is 16.8 Å². The van der Waals surface area contributed by atoms with Gasteiger partial charge in [0.05, 0.1) is 12.8 Å². The van der Waals surface area contributed by atoms with Crippen molar-refractivity contribution in [2.45, 2.75) is 13.5 Å². The van der Waals surface area contributed by atoms with E-state index in [-0.39, 0.29) is 5.91 Å². The Balaban J connectivity index is 1.66. The molecule has 1 aromatic heterocycles. The quantitative estimate of drug-likeness (QED) is 0.536. The number of amides is 1. The van der Waals surface area contributed by atoms with Crippen molar-refractivity contribution in [2.75, 3.05) is 7.11 Å². The molecule has 30 heavy (non-hydrogen) atoms. The number of para-hydroxylation sites is 1. The van der Waals surface area contributed by atoms with Crippen LogP contribution in [0.5, 0.6) is 5.75 Å². The molecule has 0 radical (unpaired) electrons. The molecule has 1 N–H and O–H groups in total. The molecule has 7 heteroatoms. The summed E-state index contributed by atoms with van der Waals surface area (Å²) in [5, 5.41) is 14.3. The molecule has 7 nitrogen and oxygen atoms in total. The van der Waals surface area contributed by atoms with Crippen molar-refractivity contribution >= 4 is 5.91 Å². The number of carbonyl (C=O) groups excluding carboxylic acids is 1. The molecular formula is C23H21N5O2. The van der Waals surface area contributed by atoms with Gasteiger partial charge in [-0.2, -0.15) is 0 Å². The fourth-order valence-corrected chi connectivity index (χ4v) is 3.19. The van der Waals surface area contributed by atoms with Crippen LogP contribution in [0.15, 0.2) is 73.1 Å². The number of aryl methyl sites for hydroxylation is 1. The van der Waals surface area contributed by atoms with Crippen molar-refractivity contribution in [2.24, 2.45) is 0 Å². The van der Waals surface area contributed by atoms with Crippen molar-refractivity contribution in [3.63, 3.8) is 0 Å². The number of nitrogens with one attached hydrogen (secondary N) is 1. The van der Waals surface area contributed by atoms with Crippen molar-refractivity contribution < 1.29 is 9.53 Å². The number of nitrogens with zero attached hydrogens (tertiary/aromatic N) is 4. The van der Waals surface area contributed by atoms with Gasteiger partial charge in [0.15, 0.2) is 0 Å². The maximum Gasteiger partial charge on any atom is 0.251 e. The molecule has 0 bridgehead atoms. The summed E-state index contributed by atoms with van der Waals surface area (Å²) in [6.45, 7) is 2.40. The first-order chi connectivity index (χ1) is 14.6. The fraction of sp³-hybridized carbons (Fsp3) is 0.130. The summed E-state index contributed by atoms with van der Waals surface area (Å²) in [4.78, 5) is 13.0. The van der Waals surface area contributed by atoms with Crippen LogP contribution in [0.2, 0.25) is 0 Å². The summed E-state index contributed by atoms with van der Waals surface area (Å²) in [6, 6.07) is 21.4. The van der Waals surface area contributed by atoms with Gasteiger partial charge in [-0.05, 0) is 52.7 Å². The van der Waals surface area contributed by atoms with E-state index in [1.165, 1.54) is 16.6 Å². The third kappa shape index (κ3) is 4.20.